The summed E-state index contributed by atoms with van der Waals surface area (Å²) in [6.45, 7) is 9.27. The monoisotopic (exact) mass is 503 g/mol. The van der Waals surface area contributed by atoms with Crippen LogP contribution in [0.3, 0.4) is 0 Å². The molecular formula is C32H41NO4. The number of hydrogen-bond donors (Lipinski definition) is 0. The molecule has 0 radical (unpaired) electrons. The van der Waals surface area contributed by atoms with E-state index in [4.69, 9.17) is 9.47 Å². The third-order valence-electron chi connectivity index (χ3n) is 6.27. The predicted molar refractivity (Wildman–Crippen MR) is 151 cm³/mol. The first-order chi connectivity index (χ1) is 17.7. The number of anilines is 1. The van der Waals surface area contributed by atoms with E-state index in [9.17, 15) is 9.59 Å². The fraction of sp³-hybridized carbons (Fsp3) is 0.438. The van der Waals surface area contributed by atoms with E-state index in [1.165, 1.54) is 12.5 Å². The molecule has 5 nitrogen and oxygen atoms in total. The van der Waals surface area contributed by atoms with E-state index in [2.05, 4.69) is 6.07 Å². The van der Waals surface area contributed by atoms with Gasteiger partial charge in [0.25, 0.3) is 0 Å². The summed E-state index contributed by atoms with van der Waals surface area (Å²) in [5.41, 5.74) is 3.37. The van der Waals surface area contributed by atoms with Gasteiger partial charge in [-0.3, -0.25) is 4.79 Å². The average molecular weight is 504 g/mol. The van der Waals surface area contributed by atoms with Gasteiger partial charge in [0.1, 0.15) is 5.60 Å². The predicted octanol–water partition coefficient (Wildman–Crippen LogP) is 7.20. The molecule has 0 aliphatic heterocycles. The quantitative estimate of drug-likeness (QED) is 0.195. The van der Waals surface area contributed by atoms with E-state index in [1.807, 2.05) is 87.2 Å². The third kappa shape index (κ3) is 9.66. The normalized spacial score (nSPS) is 14.8. The van der Waals surface area contributed by atoms with Gasteiger partial charge in [-0.2, -0.15) is 0 Å². The van der Waals surface area contributed by atoms with Gasteiger partial charge in [-0.1, -0.05) is 67.8 Å². The molecule has 1 amide bonds. The van der Waals surface area contributed by atoms with Crippen LogP contribution in [0.5, 0.6) is 0 Å². The summed E-state index contributed by atoms with van der Waals surface area (Å²) < 4.78 is 10.7. The summed E-state index contributed by atoms with van der Waals surface area (Å²) in [4.78, 5) is 27.6. The first kappa shape index (κ1) is 28.4. The minimum atomic E-state index is -0.518. The standard InChI is InChI=1S/C32H41NO4/c1-5-36-22-10-12-26-11-9-15-29(23-26)33(31(35)28-13-7-6-8-14-28)24-27-18-16-25(17-19-27)20-21-30(34)37-32(2,3)4/h9-12,15-21,23,28H,5-8,13-14,22,24H2,1-4H3/b12-10+,21-20+. The zero-order valence-corrected chi connectivity index (χ0v) is 22.7. The molecule has 0 heterocycles. The van der Waals surface area contributed by atoms with Crippen molar-refractivity contribution in [3.63, 3.8) is 0 Å². The van der Waals surface area contributed by atoms with Crippen LogP contribution in [-0.4, -0.2) is 30.7 Å². The van der Waals surface area contributed by atoms with Crippen molar-refractivity contribution in [2.75, 3.05) is 18.1 Å². The highest BCUT2D eigenvalue weighted by Crippen LogP contribution is 2.29. The van der Waals surface area contributed by atoms with Crippen molar-refractivity contribution in [3.05, 3.63) is 77.4 Å². The van der Waals surface area contributed by atoms with Crippen molar-refractivity contribution < 1.29 is 19.1 Å². The topological polar surface area (TPSA) is 55.8 Å². The zero-order valence-electron chi connectivity index (χ0n) is 22.7. The molecule has 0 aromatic heterocycles. The number of nitrogens with zero attached hydrogens (tertiary/aromatic N) is 1. The molecule has 0 saturated heterocycles. The number of benzene rings is 2. The summed E-state index contributed by atoms with van der Waals surface area (Å²) in [7, 11) is 0. The third-order valence-corrected chi connectivity index (χ3v) is 6.27. The number of esters is 1. The van der Waals surface area contributed by atoms with Gasteiger partial charge < -0.3 is 14.4 Å². The molecule has 2 aromatic rings. The Bertz CT molecular complexity index is 1070. The first-order valence-corrected chi connectivity index (χ1v) is 13.4. The van der Waals surface area contributed by atoms with Gasteiger partial charge in [0, 0.05) is 24.3 Å². The minimum absolute atomic E-state index is 0.0712. The number of amides is 1. The Kier molecular flexibility index (Phi) is 10.7. The van der Waals surface area contributed by atoms with Gasteiger partial charge >= 0.3 is 5.97 Å². The second-order valence-corrected chi connectivity index (χ2v) is 10.5. The van der Waals surface area contributed by atoms with E-state index in [0.29, 0.717) is 19.8 Å². The van der Waals surface area contributed by atoms with Crippen LogP contribution in [0.2, 0.25) is 0 Å². The van der Waals surface area contributed by atoms with Crippen molar-refractivity contribution >= 4 is 29.7 Å². The number of hydrogen-bond acceptors (Lipinski definition) is 4. The summed E-state index contributed by atoms with van der Waals surface area (Å²) in [5.74, 6) is -0.0954. The Morgan fingerprint density at radius 1 is 0.973 bits per heavy atom. The molecule has 5 heteroatoms. The fourth-order valence-corrected chi connectivity index (χ4v) is 4.45. The average Bonchev–Trinajstić information content (AvgIpc) is 2.88. The second-order valence-electron chi connectivity index (χ2n) is 10.5. The van der Waals surface area contributed by atoms with Crippen molar-refractivity contribution in [1.29, 1.82) is 0 Å². The summed E-state index contributed by atoms with van der Waals surface area (Å²) in [5, 5.41) is 0. The molecule has 198 valence electrons. The molecule has 37 heavy (non-hydrogen) atoms. The lowest BCUT2D eigenvalue weighted by Crippen LogP contribution is -2.36. The van der Waals surface area contributed by atoms with E-state index >= 15 is 0 Å². The fourth-order valence-electron chi connectivity index (χ4n) is 4.45. The molecule has 2 aromatic carbocycles. The highest BCUT2D eigenvalue weighted by atomic mass is 16.6. The molecule has 0 atom stereocenters. The maximum Gasteiger partial charge on any atom is 0.331 e. The van der Waals surface area contributed by atoms with Crippen molar-refractivity contribution in [2.24, 2.45) is 5.92 Å². The number of carbonyl (C=O) groups is 2. The number of ether oxygens (including phenoxy) is 2. The molecule has 1 aliphatic rings. The van der Waals surface area contributed by atoms with Crippen LogP contribution in [0.1, 0.15) is 76.5 Å². The Hall–Kier alpha value is -3.18. The van der Waals surface area contributed by atoms with E-state index in [-0.39, 0.29) is 17.8 Å². The van der Waals surface area contributed by atoms with Crippen LogP contribution < -0.4 is 4.90 Å². The molecule has 3 rings (SSSR count). The lowest BCUT2D eigenvalue weighted by Gasteiger charge is -2.30. The number of rotatable bonds is 10. The summed E-state index contributed by atoms with van der Waals surface area (Å²) >= 11 is 0. The molecule has 1 aliphatic carbocycles. The SMILES string of the molecule is CCOC/C=C/c1cccc(N(Cc2ccc(/C=C/C(=O)OC(C)(C)C)cc2)C(=O)C2CCCCC2)c1. The maximum atomic E-state index is 13.7. The number of carbonyl (C=O) groups excluding carboxylic acids is 2. The first-order valence-electron chi connectivity index (χ1n) is 13.4. The smallest absolute Gasteiger partial charge is 0.331 e. The van der Waals surface area contributed by atoms with Crippen LogP contribution in [0, 0.1) is 5.92 Å². The van der Waals surface area contributed by atoms with Gasteiger partial charge in [-0.05, 0) is 75.4 Å². The van der Waals surface area contributed by atoms with Crippen LogP contribution in [0.25, 0.3) is 12.2 Å². The van der Waals surface area contributed by atoms with Crippen LogP contribution >= 0.6 is 0 Å². The summed E-state index contributed by atoms with van der Waals surface area (Å²) in [6.07, 6.45) is 12.6. The van der Waals surface area contributed by atoms with Crippen molar-refractivity contribution in [1.82, 2.24) is 0 Å². The van der Waals surface area contributed by atoms with Gasteiger partial charge in [-0.15, -0.1) is 0 Å². The summed E-state index contributed by atoms with van der Waals surface area (Å²) in [6, 6.07) is 16.1. The Labute approximate surface area is 222 Å². The van der Waals surface area contributed by atoms with Gasteiger partial charge in [0.2, 0.25) is 5.91 Å². The minimum Gasteiger partial charge on any atom is -0.457 e. The van der Waals surface area contributed by atoms with E-state index in [0.717, 1.165) is 48.1 Å². The molecule has 0 unspecified atom stereocenters. The van der Waals surface area contributed by atoms with E-state index in [1.54, 1.807) is 6.08 Å². The van der Waals surface area contributed by atoms with E-state index < -0.39 is 5.60 Å². The molecule has 0 N–H and O–H groups in total. The van der Waals surface area contributed by atoms with Crippen molar-refractivity contribution in [2.45, 2.75) is 71.9 Å². The maximum absolute atomic E-state index is 13.7. The molecule has 0 bridgehead atoms. The zero-order chi connectivity index (χ0) is 26.7. The molecule has 1 fully saturated rings. The lowest BCUT2D eigenvalue weighted by atomic mass is 9.88. The highest BCUT2D eigenvalue weighted by Gasteiger charge is 2.27. The van der Waals surface area contributed by atoms with Gasteiger partial charge in [-0.25, -0.2) is 4.79 Å². The van der Waals surface area contributed by atoms with Crippen molar-refractivity contribution in [3.8, 4) is 0 Å². The van der Waals surface area contributed by atoms with Crippen LogP contribution in [0.15, 0.2) is 60.7 Å². The van der Waals surface area contributed by atoms with Gasteiger partial charge in [0.05, 0.1) is 13.2 Å². The lowest BCUT2D eigenvalue weighted by molar-refractivity contribution is -0.148. The second kappa shape index (κ2) is 13.9. The largest absolute Gasteiger partial charge is 0.457 e. The molecular weight excluding hydrogens is 462 g/mol. The van der Waals surface area contributed by atoms with Crippen LogP contribution in [0.4, 0.5) is 5.69 Å². The Morgan fingerprint density at radius 3 is 2.38 bits per heavy atom. The van der Waals surface area contributed by atoms with Crippen LogP contribution in [-0.2, 0) is 25.6 Å². The Morgan fingerprint density at radius 2 is 1.70 bits per heavy atom. The Balaban J connectivity index is 1.78. The highest BCUT2D eigenvalue weighted by molar-refractivity contribution is 5.95. The molecule has 0 spiro atoms. The molecule has 1 saturated carbocycles. The van der Waals surface area contributed by atoms with Gasteiger partial charge in [0.15, 0.2) is 0 Å².